The van der Waals surface area contributed by atoms with Crippen molar-refractivity contribution in [2.24, 2.45) is 17.9 Å². The zero-order valence-electron chi connectivity index (χ0n) is 9.90. The highest BCUT2D eigenvalue weighted by Gasteiger charge is 2.75. The Morgan fingerprint density at radius 2 is 2.00 bits per heavy atom. The van der Waals surface area contributed by atoms with E-state index in [9.17, 15) is 9.59 Å². The third-order valence-electron chi connectivity index (χ3n) is 4.18. The van der Waals surface area contributed by atoms with Crippen molar-refractivity contribution in [3.8, 4) is 0 Å². The number of rotatable bonds is 3. The Hall–Kier alpha value is -1.65. The summed E-state index contributed by atoms with van der Waals surface area (Å²) in [5.74, 6) is -0.0551. The van der Waals surface area contributed by atoms with Gasteiger partial charge in [0.2, 0.25) is 0 Å². The summed E-state index contributed by atoms with van der Waals surface area (Å²) in [6.45, 7) is 0. The average Bonchev–Trinajstić information content (AvgIpc) is 2.59. The Kier molecular flexibility index (Phi) is 1.83. The maximum atomic E-state index is 12.3. The fraction of sp³-hybridized carbons (Fsp3) is 0.583. The number of aryl methyl sites for hydroxylation is 1. The van der Waals surface area contributed by atoms with E-state index in [4.69, 9.17) is 4.74 Å². The van der Waals surface area contributed by atoms with E-state index >= 15 is 0 Å². The largest absolute Gasteiger partial charge is 0.469 e. The number of esters is 1. The summed E-state index contributed by atoms with van der Waals surface area (Å²) < 4.78 is 6.36. The smallest absolute Gasteiger partial charge is 0.311 e. The molecule has 0 N–H and O–H groups in total. The number of methoxy groups -OCH3 is 1. The van der Waals surface area contributed by atoms with Crippen LogP contribution in [0.1, 0.15) is 29.8 Å². The molecule has 3 fully saturated rings. The van der Waals surface area contributed by atoms with Crippen molar-refractivity contribution >= 4 is 11.8 Å². The molecular weight excluding hydrogens is 220 g/mol. The van der Waals surface area contributed by atoms with Crippen molar-refractivity contribution in [2.75, 3.05) is 7.11 Å². The number of hydrogen-bond donors (Lipinski definition) is 0. The summed E-state index contributed by atoms with van der Waals surface area (Å²) in [7, 11) is 3.16. The maximum absolute atomic E-state index is 12.3. The first-order chi connectivity index (χ1) is 8.03. The van der Waals surface area contributed by atoms with Gasteiger partial charge in [0.15, 0.2) is 5.78 Å². The van der Waals surface area contributed by atoms with Gasteiger partial charge in [-0.3, -0.25) is 14.3 Å². The molecular formula is C12H14N2O3. The number of carbonyl (C=O) groups excluding carboxylic acids is 2. The van der Waals surface area contributed by atoms with Gasteiger partial charge in [0.25, 0.3) is 0 Å². The molecule has 0 aromatic carbocycles. The first-order valence-corrected chi connectivity index (χ1v) is 5.64. The van der Waals surface area contributed by atoms with Crippen molar-refractivity contribution in [1.82, 2.24) is 9.78 Å². The molecule has 0 spiro atoms. The molecule has 0 amide bonds. The summed E-state index contributed by atoms with van der Waals surface area (Å²) in [5, 5.41) is 4.00. The van der Waals surface area contributed by atoms with E-state index in [0.717, 1.165) is 0 Å². The van der Waals surface area contributed by atoms with E-state index in [1.54, 1.807) is 24.0 Å². The summed E-state index contributed by atoms with van der Waals surface area (Å²) in [6, 6.07) is 1.73. The van der Waals surface area contributed by atoms with Crippen LogP contribution in [0.25, 0.3) is 0 Å². The summed E-state index contributed by atoms with van der Waals surface area (Å²) in [5.41, 5.74) is -0.0477. The second-order valence-corrected chi connectivity index (χ2v) is 5.25. The Labute approximate surface area is 98.7 Å². The number of nitrogens with zero attached hydrogens (tertiary/aromatic N) is 2. The van der Waals surface area contributed by atoms with Gasteiger partial charge in [-0.15, -0.1) is 0 Å². The molecule has 0 atom stereocenters. The molecule has 1 aromatic rings. The first kappa shape index (κ1) is 10.5. The normalized spacial score (nSPS) is 33.5. The van der Waals surface area contributed by atoms with Crippen molar-refractivity contribution < 1.29 is 14.3 Å². The Morgan fingerprint density at radius 3 is 2.47 bits per heavy atom. The third kappa shape index (κ3) is 1.11. The molecule has 0 saturated heterocycles. The van der Waals surface area contributed by atoms with Gasteiger partial charge in [-0.1, -0.05) is 0 Å². The number of hydrogen-bond acceptors (Lipinski definition) is 4. The van der Waals surface area contributed by atoms with Gasteiger partial charge in [-0.05, 0) is 25.3 Å². The zero-order chi connectivity index (χ0) is 12.3. The molecule has 5 heteroatoms. The molecule has 3 aliphatic rings. The topological polar surface area (TPSA) is 61.2 Å². The molecule has 3 aliphatic carbocycles. The van der Waals surface area contributed by atoms with Gasteiger partial charge >= 0.3 is 5.97 Å². The lowest BCUT2D eigenvalue weighted by atomic mass is 9.34. The van der Waals surface area contributed by atoms with E-state index in [-0.39, 0.29) is 22.6 Å². The summed E-state index contributed by atoms with van der Waals surface area (Å²) in [4.78, 5) is 23.8. The average molecular weight is 234 g/mol. The van der Waals surface area contributed by atoms with E-state index in [1.165, 1.54) is 7.11 Å². The number of ether oxygens (including phenoxy) is 1. The standard InChI is InChI=1S/C12H14N2O3/c1-14-8(3-4-13-14)9(15)11-5-12(6-11,7-11)10(16)17-2/h3-4H,5-7H2,1-2H3. The molecule has 0 unspecified atom stereocenters. The van der Waals surface area contributed by atoms with Crippen LogP contribution in [0, 0.1) is 10.8 Å². The van der Waals surface area contributed by atoms with Crippen LogP contribution >= 0.6 is 0 Å². The second-order valence-electron chi connectivity index (χ2n) is 5.25. The van der Waals surface area contributed by atoms with Gasteiger partial charge in [0.1, 0.15) is 5.69 Å². The monoisotopic (exact) mass is 234 g/mol. The SMILES string of the molecule is COC(=O)C12CC(C(=O)c3ccnn3C)(C1)C2. The van der Waals surface area contributed by atoms with Crippen LogP contribution in [0.2, 0.25) is 0 Å². The Morgan fingerprint density at radius 1 is 1.35 bits per heavy atom. The van der Waals surface area contributed by atoms with Crippen LogP contribution < -0.4 is 0 Å². The highest BCUT2D eigenvalue weighted by atomic mass is 16.5. The molecule has 90 valence electrons. The van der Waals surface area contributed by atoms with E-state index < -0.39 is 0 Å². The van der Waals surface area contributed by atoms with Crippen LogP contribution in [-0.2, 0) is 16.6 Å². The van der Waals surface area contributed by atoms with E-state index in [2.05, 4.69) is 5.10 Å². The lowest BCUT2D eigenvalue weighted by Crippen LogP contribution is -2.68. The van der Waals surface area contributed by atoms with Crippen molar-refractivity contribution in [1.29, 1.82) is 0 Å². The highest BCUT2D eigenvalue weighted by Crippen LogP contribution is 2.74. The van der Waals surface area contributed by atoms with Gasteiger partial charge in [-0.2, -0.15) is 5.10 Å². The van der Waals surface area contributed by atoms with Gasteiger partial charge < -0.3 is 4.74 Å². The molecule has 1 aromatic heterocycles. The van der Waals surface area contributed by atoms with E-state index in [0.29, 0.717) is 25.0 Å². The minimum atomic E-state index is -0.358. The number of aromatic nitrogens is 2. The maximum Gasteiger partial charge on any atom is 0.311 e. The van der Waals surface area contributed by atoms with Crippen molar-refractivity contribution in [2.45, 2.75) is 19.3 Å². The van der Waals surface area contributed by atoms with E-state index in [1.807, 2.05) is 0 Å². The number of ketones is 1. The molecule has 5 nitrogen and oxygen atoms in total. The lowest BCUT2D eigenvalue weighted by molar-refractivity contribution is -0.207. The van der Waals surface area contributed by atoms with Crippen LogP contribution in [0.5, 0.6) is 0 Å². The van der Waals surface area contributed by atoms with Crippen molar-refractivity contribution in [3.63, 3.8) is 0 Å². The molecule has 1 heterocycles. The van der Waals surface area contributed by atoms with Crippen LogP contribution in [0.15, 0.2) is 12.3 Å². The number of carbonyl (C=O) groups is 2. The minimum absolute atomic E-state index is 0.114. The lowest BCUT2D eigenvalue weighted by Gasteiger charge is -2.67. The van der Waals surface area contributed by atoms with Crippen LogP contribution in [0.3, 0.4) is 0 Å². The molecule has 4 rings (SSSR count). The van der Waals surface area contributed by atoms with Gasteiger partial charge in [-0.25, -0.2) is 0 Å². The fourth-order valence-electron chi connectivity index (χ4n) is 3.33. The first-order valence-electron chi connectivity index (χ1n) is 5.64. The quantitative estimate of drug-likeness (QED) is 0.577. The number of Topliss-reactive ketones (excluding diaryl/α,β-unsaturated/α-hetero) is 1. The molecule has 17 heavy (non-hydrogen) atoms. The minimum Gasteiger partial charge on any atom is -0.469 e. The molecule has 3 saturated carbocycles. The second kappa shape index (κ2) is 2.97. The predicted molar refractivity (Wildman–Crippen MR) is 58.3 cm³/mol. The fourth-order valence-corrected chi connectivity index (χ4v) is 3.33. The van der Waals surface area contributed by atoms with Crippen LogP contribution in [-0.4, -0.2) is 28.6 Å². The predicted octanol–water partition coefficient (Wildman–Crippen LogP) is 0.946. The Bertz CT molecular complexity index is 498. The van der Waals surface area contributed by atoms with Crippen molar-refractivity contribution in [3.05, 3.63) is 18.0 Å². The summed E-state index contributed by atoms with van der Waals surface area (Å²) >= 11 is 0. The molecule has 2 bridgehead atoms. The van der Waals surface area contributed by atoms with Crippen LogP contribution in [0.4, 0.5) is 0 Å². The van der Waals surface area contributed by atoms with Gasteiger partial charge in [0, 0.05) is 18.7 Å². The summed E-state index contributed by atoms with van der Waals surface area (Å²) in [6.07, 6.45) is 3.53. The van der Waals surface area contributed by atoms with Gasteiger partial charge in [0.05, 0.1) is 12.5 Å². The third-order valence-corrected chi connectivity index (χ3v) is 4.18. The molecule has 0 aliphatic heterocycles. The highest BCUT2D eigenvalue weighted by molar-refractivity contribution is 6.04. The molecule has 0 radical (unpaired) electrons. The Balaban J connectivity index is 1.77. The zero-order valence-corrected chi connectivity index (χ0v) is 9.90.